The number of rotatable bonds is 3. The first-order valence-electron chi connectivity index (χ1n) is 9.33. The van der Waals surface area contributed by atoms with Gasteiger partial charge in [-0.1, -0.05) is 12.1 Å². The standard InChI is InChI=1S/C19H19N7O2/c27-17(13-9-20-19-21-11-22-26(19)18(13)28)25-7-3-4-12(10-25)8-16-23-14-5-1-2-6-15(14)24-16/h1-2,5-6,9,11-12H,3-4,7-8,10H2,(H,23,24)(H,20,21,22)/t12-/m1/s1. The molecule has 1 aromatic carbocycles. The van der Waals surface area contributed by atoms with Crippen LogP contribution in [0.1, 0.15) is 29.0 Å². The summed E-state index contributed by atoms with van der Waals surface area (Å²) in [5, 5.41) is 2.69. The normalized spacial score (nSPS) is 17.4. The van der Waals surface area contributed by atoms with Crippen molar-refractivity contribution in [3.63, 3.8) is 0 Å². The number of hydrogen-bond donors (Lipinski definition) is 2. The predicted molar refractivity (Wildman–Crippen MR) is 102 cm³/mol. The highest BCUT2D eigenvalue weighted by Gasteiger charge is 2.27. The minimum absolute atomic E-state index is 0.0612. The maximum Gasteiger partial charge on any atom is 0.286 e. The van der Waals surface area contributed by atoms with Gasteiger partial charge in [0.1, 0.15) is 17.7 Å². The van der Waals surface area contributed by atoms with Crippen LogP contribution in [0.2, 0.25) is 0 Å². The molecule has 0 unspecified atom stereocenters. The molecule has 0 saturated carbocycles. The smallest absolute Gasteiger partial charge is 0.286 e. The van der Waals surface area contributed by atoms with Gasteiger partial charge in [0.2, 0.25) is 0 Å². The van der Waals surface area contributed by atoms with Crippen molar-refractivity contribution in [1.82, 2.24) is 34.4 Å². The second kappa shape index (κ2) is 6.59. The Morgan fingerprint density at radius 1 is 1.25 bits per heavy atom. The van der Waals surface area contributed by atoms with Gasteiger partial charge in [0.05, 0.1) is 11.0 Å². The Bertz CT molecular complexity index is 1190. The third-order valence-corrected chi connectivity index (χ3v) is 5.27. The van der Waals surface area contributed by atoms with Gasteiger partial charge in [-0.05, 0) is 30.9 Å². The highest BCUT2D eigenvalue weighted by Crippen LogP contribution is 2.22. The van der Waals surface area contributed by atoms with E-state index in [-0.39, 0.29) is 17.2 Å². The molecule has 5 rings (SSSR count). The van der Waals surface area contributed by atoms with Gasteiger partial charge in [-0.3, -0.25) is 14.7 Å². The molecule has 0 bridgehead atoms. The number of piperidine rings is 1. The summed E-state index contributed by atoms with van der Waals surface area (Å²) in [4.78, 5) is 43.2. The minimum atomic E-state index is -0.424. The first-order chi connectivity index (χ1) is 13.7. The quantitative estimate of drug-likeness (QED) is 0.560. The molecule has 0 aliphatic carbocycles. The van der Waals surface area contributed by atoms with E-state index in [0.717, 1.165) is 36.1 Å². The van der Waals surface area contributed by atoms with Gasteiger partial charge in [0.15, 0.2) is 0 Å². The van der Waals surface area contributed by atoms with Crippen LogP contribution < -0.4 is 5.56 Å². The van der Waals surface area contributed by atoms with E-state index >= 15 is 0 Å². The van der Waals surface area contributed by atoms with Gasteiger partial charge in [-0.2, -0.15) is 4.52 Å². The van der Waals surface area contributed by atoms with Gasteiger partial charge < -0.3 is 9.88 Å². The number of H-pyrrole nitrogens is 2. The zero-order valence-corrected chi connectivity index (χ0v) is 15.1. The molecule has 1 fully saturated rings. The average molecular weight is 377 g/mol. The number of hydrogen-bond acceptors (Lipinski definition) is 5. The summed E-state index contributed by atoms with van der Waals surface area (Å²) < 4.78 is 1.18. The van der Waals surface area contributed by atoms with Crippen molar-refractivity contribution in [1.29, 1.82) is 0 Å². The van der Waals surface area contributed by atoms with Crippen LogP contribution in [-0.2, 0) is 6.42 Å². The van der Waals surface area contributed by atoms with Crippen molar-refractivity contribution in [2.24, 2.45) is 5.92 Å². The number of aromatic nitrogens is 6. The van der Waals surface area contributed by atoms with Gasteiger partial charge in [-0.25, -0.2) is 15.0 Å². The van der Waals surface area contributed by atoms with E-state index in [1.165, 1.54) is 17.0 Å². The number of nitrogens with zero attached hydrogens (tertiary/aromatic N) is 5. The molecular weight excluding hydrogens is 358 g/mol. The topological polar surface area (TPSA) is 112 Å². The molecule has 1 aliphatic rings. The molecule has 4 heterocycles. The molecule has 1 amide bonds. The third kappa shape index (κ3) is 2.84. The fourth-order valence-electron chi connectivity index (χ4n) is 3.91. The molecule has 9 nitrogen and oxygen atoms in total. The van der Waals surface area contributed by atoms with Crippen LogP contribution in [0.5, 0.6) is 0 Å². The minimum Gasteiger partial charge on any atom is -0.342 e. The van der Waals surface area contributed by atoms with Crippen LogP contribution in [-0.4, -0.2) is 53.4 Å². The van der Waals surface area contributed by atoms with E-state index in [9.17, 15) is 9.59 Å². The van der Waals surface area contributed by atoms with Gasteiger partial charge in [0.25, 0.3) is 17.2 Å². The lowest BCUT2D eigenvalue weighted by Gasteiger charge is -2.32. The number of imidazole rings is 1. The zero-order valence-electron chi connectivity index (χ0n) is 15.1. The number of carbonyl (C=O) groups is 1. The summed E-state index contributed by atoms with van der Waals surface area (Å²) in [7, 11) is 0. The van der Waals surface area contributed by atoms with Crippen molar-refractivity contribution in [2.45, 2.75) is 19.3 Å². The Morgan fingerprint density at radius 2 is 2.14 bits per heavy atom. The van der Waals surface area contributed by atoms with E-state index in [2.05, 4.69) is 25.0 Å². The van der Waals surface area contributed by atoms with Gasteiger partial charge >= 0.3 is 0 Å². The highest BCUT2D eigenvalue weighted by atomic mass is 16.2. The summed E-state index contributed by atoms with van der Waals surface area (Å²) in [6, 6.07) is 7.94. The summed E-state index contributed by atoms with van der Waals surface area (Å²) in [6.07, 6.45) is 5.40. The number of amides is 1. The Morgan fingerprint density at radius 3 is 3.04 bits per heavy atom. The Balaban J connectivity index is 1.35. The molecule has 28 heavy (non-hydrogen) atoms. The van der Waals surface area contributed by atoms with Crippen LogP contribution in [0.25, 0.3) is 16.8 Å². The highest BCUT2D eigenvalue weighted by molar-refractivity contribution is 5.93. The van der Waals surface area contributed by atoms with Gasteiger partial charge in [-0.15, -0.1) is 0 Å². The third-order valence-electron chi connectivity index (χ3n) is 5.27. The molecule has 0 radical (unpaired) electrons. The first-order valence-corrected chi connectivity index (χ1v) is 9.33. The Labute approximate surface area is 159 Å². The molecule has 4 aromatic rings. The number of para-hydroxylation sites is 2. The molecular formula is C19H19N7O2. The van der Waals surface area contributed by atoms with Crippen molar-refractivity contribution in [3.8, 4) is 0 Å². The fourth-order valence-corrected chi connectivity index (χ4v) is 3.91. The first kappa shape index (κ1) is 16.7. The number of likely N-dealkylation sites (tertiary alicyclic amines) is 1. The molecule has 142 valence electrons. The summed E-state index contributed by atoms with van der Waals surface area (Å²) >= 11 is 0. The Kier molecular flexibility index (Phi) is 3.92. The molecule has 0 spiro atoms. The fraction of sp³-hybridized carbons (Fsp3) is 0.316. The molecule has 1 aliphatic heterocycles. The number of nitrogens with one attached hydrogen (secondary N) is 2. The van der Waals surface area contributed by atoms with Crippen molar-refractivity contribution >= 4 is 22.7 Å². The summed E-state index contributed by atoms with van der Waals surface area (Å²) in [5.41, 5.74) is 1.61. The van der Waals surface area contributed by atoms with Crippen molar-refractivity contribution in [3.05, 3.63) is 58.5 Å². The lowest BCUT2D eigenvalue weighted by molar-refractivity contribution is 0.0669. The number of aromatic amines is 2. The van der Waals surface area contributed by atoms with E-state index in [0.29, 0.717) is 19.0 Å². The SMILES string of the molecule is O=C(c1cnc2nc[nH]n2c1=O)N1CCC[C@H](Cc2nc3ccccc3[nH]2)C1. The molecule has 2 N–H and O–H groups in total. The number of fused-ring (bicyclic) bond motifs is 2. The molecule has 1 atom stereocenters. The number of carbonyl (C=O) groups excluding carboxylic acids is 1. The van der Waals surface area contributed by atoms with Crippen LogP contribution in [0.4, 0.5) is 0 Å². The lowest BCUT2D eigenvalue weighted by Crippen LogP contribution is -2.43. The summed E-state index contributed by atoms with van der Waals surface area (Å²) in [5.74, 6) is 1.20. The van der Waals surface area contributed by atoms with E-state index in [1.54, 1.807) is 4.90 Å². The lowest BCUT2D eigenvalue weighted by atomic mass is 9.94. The molecule has 3 aromatic heterocycles. The zero-order chi connectivity index (χ0) is 19.1. The van der Waals surface area contributed by atoms with Crippen LogP contribution >= 0.6 is 0 Å². The van der Waals surface area contributed by atoms with E-state index < -0.39 is 5.56 Å². The van der Waals surface area contributed by atoms with Crippen LogP contribution in [0.15, 0.2) is 41.6 Å². The van der Waals surface area contributed by atoms with Crippen LogP contribution in [0.3, 0.4) is 0 Å². The monoisotopic (exact) mass is 377 g/mol. The second-order valence-corrected chi connectivity index (χ2v) is 7.16. The Hall–Kier alpha value is -3.49. The molecule has 1 saturated heterocycles. The van der Waals surface area contributed by atoms with Crippen molar-refractivity contribution in [2.75, 3.05) is 13.1 Å². The maximum atomic E-state index is 12.9. The van der Waals surface area contributed by atoms with Crippen molar-refractivity contribution < 1.29 is 4.79 Å². The summed E-state index contributed by atoms with van der Waals surface area (Å²) in [6.45, 7) is 1.24. The van der Waals surface area contributed by atoms with Gasteiger partial charge in [0, 0.05) is 25.7 Å². The average Bonchev–Trinajstić information content (AvgIpc) is 3.34. The van der Waals surface area contributed by atoms with Crippen LogP contribution in [0, 0.1) is 5.92 Å². The predicted octanol–water partition coefficient (Wildman–Crippen LogP) is 1.39. The van der Waals surface area contributed by atoms with E-state index in [4.69, 9.17) is 0 Å². The maximum absolute atomic E-state index is 12.9. The number of benzene rings is 1. The largest absolute Gasteiger partial charge is 0.342 e. The molecule has 9 heteroatoms. The van der Waals surface area contributed by atoms with E-state index in [1.807, 2.05) is 24.3 Å². The second-order valence-electron chi connectivity index (χ2n) is 7.16.